The molecule has 1 aromatic rings. The van der Waals surface area contributed by atoms with Crippen LogP contribution in [0.1, 0.15) is 23.6 Å². The highest BCUT2D eigenvalue weighted by Crippen LogP contribution is 2.21. The van der Waals surface area contributed by atoms with Crippen LogP contribution in [0.15, 0.2) is 17.0 Å². The average molecular weight is 287 g/mol. The number of aryl methyl sites for hydroxylation is 1. The number of rotatable bonds is 6. The molecule has 0 aliphatic heterocycles. The average Bonchev–Trinajstić information content (AvgIpc) is 2.38. The molecular weight excluding hydrogens is 266 g/mol. The number of sulfonamides is 1. The number of benzene rings is 1. The highest BCUT2D eigenvalue weighted by atomic mass is 32.2. The normalized spacial score (nSPS) is 13.5. The van der Waals surface area contributed by atoms with Crippen molar-refractivity contribution in [2.75, 3.05) is 13.7 Å². The van der Waals surface area contributed by atoms with E-state index in [1.54, 1.807) is 19.9 Å². The fourth-order valence-corrected chi connectivity index (χ4v) is 3.14. The Hall–Kier alpha value is -0.950. The molecule has 5 nitrogen and oxygen atoms in total. The summed E-state index contributed by atoms with van der Waals surface area (Å²) in [6.45, 7) is 5.39. The summed E-state index contributed by atoms with van der Waals surface area (Å²) in [5.74, 6) is 0. The summed E-state index contributed by atoms with van der Waals surface area (Å²) in [6.07, 6.45) is -0.197. The van der Waals surface area contributed by atoms with E-state index in [1.807, 2.05) is 6.92 Å². The maximum Gasteiger partial charge on any atom is 0.240 e. The van der Waals surface area contributed by atoms with Gasteiger partial charge in [-0.25, -0.2) is 13.1 Å². The Bertz CT molecular complexity index is 540. The summed E-state index contributed by atoms with van der Waals surface area (Å²) in [5, 5.41) is 9.16. The number of hydrogen-bond donors (Lipinski definition) is 2. The van der Waals surface area contributed by atoms with Crippen LogP contribution in [-0.2, 0) is 21.4 Å². The Morgan fingerprint density at radius 2 is 2.00 bits per heavy atom. The third-order valence-corrected chi connectivity index (χ3v) is 4.66. The first-order valence-electron chi connectivity index (χ1n) is 6.05. The molecule has 0 saturated carbocycles. The van der Waals surface area contributed by atoms with E-state index in [0.29, 0.717) is 11.1 Å². The van der Waals surface area contributed by atoms with Gasteiger partial charge in [0.1, 0.15) is 0 Å². The van der Waals surface area contributed by atoms with Gasteiger partial charge in [0.15, 0.2) is 0 Å². The fraction of sp³-hybridized carbons (Fsp3) is 0.538. The van der Waals surface area contributed by atoms with Crippen LogP contribution in [0.2, 0.25) is 0 Å². The lowest BCUT2D eigenvalue weighted by molar-refractivity contribution is 0.122. The zero-order valence-corrected chi connectivity index (χ0v) is 12.5. The summed E-state index contributed by atoms with van der Waals surface area (Å²) < 4.78 is 32.0. The van der Waals surface area contributed by atoms with Crippen LogP contribution in [-0.4, -0.2) is 33.3 Å². The minimum atomic E-state index is -3.59. The van der Waals surface area contributed by atoms with Gasteiger partial charge < -0.3 is 9.84 Å². The third kappa shape index (κ3) is 4.01. The Kier molecular flexibility index (Phi) is 5.49. The molecule has 0 bridgehead atoms. The molecule has 1 atom stereocenters. The molecule has 0 aromatic heterocycles. The molecule has 0 amide bonds. The molecule has 1 rings (SSSR count). The van der Waals surface area contributed by atoms with Crippen molar-refractivity contribution in [2.24, 2.45) is 0 Å². The van der Waals surface area contributed by atoms with E-state index >= 15 is 0 Å². The zero-order chi connectivity index (χ0) is 14.6. The Labute approximate surface area is 114 Å². The summed E-state index contributed by atoms with van der Waals surface area (Å²) >= 11 is 0. The SMILES string of the molecule is COC(C)CNS(=O)(=O)c1cc(CO)cc(C)c1C. The van der Waals surface area contributed by atoms with E-state index < -0.39 is 10.0 Å². The smallest absolute Gasteiger partial charge is 0.240 e. The molecule has 0 fully saturated rings. The predicted molar refractivity (Wildman–Crippen MR) is 73.5 cm³/mol. The van der Waals surface area contributed by atoms with Gasteiger partial charge in [0, 0.05) is 13.7 Å². The van der Waals surface area contributed by atoms with E-state index in [9.17, 15) is 8.42 Å². The molecule has 0 aliphatic carbocycles. The second kappa shape index (κ2) is 6.47. The summed E-state index contributed by atoms with van der Waals surface area (Å²) in [7, 11) is -2.06. The van der Waals surface area contributed by atoms with E-state index in [4.69, 9.17) is 9.84 Å². The molecule has 19 heavy (non-hydrogen) atoms. The largest absolute Gasteiger partial charge is 0.392 e. The lowest BCUT2D eigenvalue weighted by Gasteiger charge is -2.15. The van der Waals surface area contributed by atoms with Crippen LogP contribution in [0, 0.1) is 13.8 Å². The second-order valence-corrected chi connectivity index (χ2v) is 6.33. The molecule has 1 aromatic carbocycles. The molecular formula is C13H21NO4S. The quantitative estimate of drug-likeness (QED) is 0.822. The molecule has 2 N–H and O–H groups in total. The van der Waals surface area contributed by atoms with E-state index in [0.717, 1.165) is 5.56 Å². The van der Waals surface area contributed by atoms with Crippen LogP contribution in [0.5, 0.6) is 0 Å². The van der Waals surface area contributed by atoms with Crippen molar-refractivity contribution in [2.45, 2.75) is 38.4 Å². The van der Waals surface area contributed by atoms with Crippen LogP contribution < -0.4 is 4.72 Å². The van der Waals surface area contributed by atoms with Crippen molar-refractivity contribution >= 4 is 10.0 Å². The summed E-state index contributed by atoms with van der Waals surface area (Å²) in [4.78, 5) is 0.208. The number of hydrogen-bond acceptors (Lipinski definition) is 4. The lowest BCUT2D eigenvalue weighted by Crippen LogP contribution is -2.32. The molecule has 6 heteroatoms. The maximum absolute atomic E-state index is 12.2. The Morgan fingerprint density at radius 1 is 1.37 bits per heavy atom. The number of ether oxygens (including phenoxy) is 1. The minimum absolute atomic E-state index is 0.182. The maximum atomic E-state index is 12.2. The van der Waals surface area contributed by atoms with Gasteiger partial charge in [-0.2, -0.15) is 0 Å². The van der Waals surface area contributed by atoms with E-state index in [-0.39, 0.29) is 24.2 Å². The van der Waals surface area contributed by atoms with Gasteiger partial charge in [0.2, 0.25) is 10.0 Å². The predicted octanol–water partition coefficient (Wildman–Crippen LogP) is 1.11. The summed E-state index contributed by atoms with van der Waals surface area (Å²) in [5.41, 5.74) is 2.12. The van der Waals surface area contributed by atoms with Crippen molar-refractivity contribution in [3.05, 3.63) is 28.8 Å². The number of nitrogens with one attached hydrogen (secondary N) is 1. The zero-order valence-electron chi connectivity index (χ0n) is 11.7. The van der Waals surface area contributed by atoms with Gasteiger partial charge in [0.25, 0.3) is 0 Å². The van der Waals surface area contributed by atoms with Crippen molar-refractivity contribution in [1.29, 1.82) is 0 Å². The standard InChI is InChI=1S/C13H21NO4S/c1-9-5-12(8-15)6-13(11(9)3)19(16,17)14-7-10(2)18-4/h5-6,10,14-15H,7-8H2,1-4H3. The molecule has 0 radical (unpaired) electrons. The van der Waals surface area contributed by atoms with E-state index in [2.05, 4.69) is 4.72 Å². The highest BCUT2D eigenvalue weighted by molar-refractivity contribution is 7.89. The van der Waals surface area contributed by atoms with Crippen LogP contribution in [0.25, 0.3) is 0 Å². The third-order valence-electron chi connectivity index (χ3n) is 3.11. The van der Waals surface area contributed by atoms with Crippen molar-refractivity contribution < 1.29 is 18.3 Å². The first-order valence-corrected chi connectivity index (χ1v) is 7.53. The molecule has 0 spiro atoms. The van der Waals surface area contributed by atoms with Crippen LogP contribution in [0.4, 0.5) is 0 Å². The van der Waals surface area contributed by atoms with Crippen molar-refractivity contribution in [3.63, 3.8) is 0 Å². The first-order chi connectivity index (χ1) is 8.81. The van der Waals surface area contributed by atoms with Gasteiger partial charge in [-0.15, -0.1) is 0 Å². The lowest BCUT2D eigenvalue weighted by atomic mass is 10.1. The van der Waals surface area contributed by atoms with Crippen molar-refractivity contribution in [1.82, 2.24) is 4.72 Å². The topological polar surface area (TPSA) is 75.6 Å². The van der Waals surface area contributed by atoms with E-state index in [1.165, 1.54) is 13.2 Å². The van der Waals surface area contributed by atoms with Gasteiger partial charge in [0.05, 0.1) is 17.6 Å². The number of aliphatic hydroxyl groups is 1. The summed E-state index contributed by atoms with van der Waals surface area (Å²) in [6, 6.07) is 3.29. The number of aliphatic hydroxyl groups excluding tert-OH is 1. The first kappa shape index (κ1) is 16.1. The molecule has 0 heterocycles. The Balaban J connectivity index is 3.10. The highest BCUT2D eigenvalue weighted by Gasteiger charge is 2.19. The van der Waals surface area contributed by atoms with Gasteiger partial charge >= 0.3 is 0 Å². The van der Waals surface area contributed by atoms with Gasteiger partial charge in [-0.05, 0) is 43.5 Å². The molecule has 0 saturated heterocycles. The second-order valence-electron chi connectivity index (χ2n) is 4.59. The monoisotopic (exact) mass is 287 g/mol. The van der Waals surface area contributed by atoms with Crippen LogP contribution in [0.3, 0.4) is 0 Å². The number of methoxy groups -OCH3 is 1. The molecule has 1 unspecified atom stereocenters. The van der Waals surface area contributed by atoms with Gasteiger partial charge in [-0.3, -0.25) is 0 Å². The molecule has 108 valence electrons. The fourth-order valence-electron chi connectivity index (χ4n) is 1.66. The molecule has 0 aliphatic rings. The minimum Gasteiger partial charge on any atom is -0.392 e. The van der Waals surface area contributed by atoms with Gasteiger partial charge in [-0.1, -0.05) is 6.07 Å². The van der Waals surface area contributed by atoms with Crippen molar-refractivity contribution in [3.8, 4) is 0 Å². The van der Waals surface area contributed by atoms with Crippen LogP contribution >= 0.6 is 0 Å². The Morgan fingerprint density at radius 3 is 2.53 bits per heavy atom.